The van der Waals surface area contributed by atoms with Crippen molar-refractivity contribution in [3.63, 3.8) is 0 Å². The van der Waals surface area contributed by atoms with Crippen molar-refractivity contribution in [1.82, 2.24) is 0 Å². The highest BCUT2D eigenvalue weighted by molar-refractivity contribution is 4.97. The van der Waals surface area contributed by atoms with E-state index in [-0.39, 0.29) is 13.5 Å². The van der Waals surface area contributed by atoms with E-state index >= 15 is 0 Å². The van der Waals surface area contributed by atoms with Crippen molar-refractivity contribution in [1.29, 1.82) is 0 Å². The van der Waals surface area contributed by atoms with Crippen LogP contribution in [0.15, 0.2) is 0 Å². The van der Waals surface area contributed by atoms with E-state index in [2.05, 4.69) is 6.92 Å². The van der Waals surface area contributed by atoms with E-state index in [9.17, 15) is 5.11 Å². The van der Waals surface area contributed by atoms with Gasteiger partial charge in [0.25, 0.3) is 0 Å². The monoisotopic (exact) mass is 228 g/mol. The smallest absolute Gasteiger partial charge is 0.0573 e. The molecule has 2 aliphatic carbocycles. The van der Waals surface area contributed by atoms with Crippen LogP contribution in [0.3, 0.4) is 0 Å². The molecule has 0 saturated heterocycles. The normalized spacial score (nSPS) is 43.3. The van der Waals surface area contributed by atoms with Gasteiger partial charge in [0.2, 0.25) is 0 Å². The standard InChI is InChI=1S/C13H24O2.CH4/c1-13-8-3-6-12(15)11(13)5-2-4-10(13)7-9-14;/h10-12,14-15H,2-9H2,1H3;1H4. The zero-order valence-electron chi connectivity index (χ0n) is 9.78. The van der Waals surface area contributed by atoms with E-state index in [1.807, 2.05) is 0 Å². The number of aliphatic hydroxyl groups is 2. The average molecular weight is 228 g/mol. The van der Waals surface area contributed by atoms with Gasteiger partial charge in [-0.25, -0.2) is 0 Å². The van der Waals surface area contributed by atoms with E-state index in [0.29, 0.717) is 23.9 Å². The van der Waals surface area contributed by atoms with Crippen LogP contribution in [0, 0.1) is 17.3 Å². The van der Waals surface area contributed by atoms with Gasteiger partial charge in [0.1, 0.15) is 0 Å². The highest BCUT2D eigenvalue weighted by atomic mass is 16.3. The lowest BCUT2D eigenvalue weighted by molar-refractivity contribution is -0.0824. The molecule has 0 aromatic heterocycles. The molecule has 0 spiro atoms. The summed E-state index contributed by atoms with van der Waals surface area (Å²) >= 11 is 0. The largest absolute Gasteiger partial charge is 0.396 e. The van der Waals surface area contributed by atoms with Crippen molar-refractivity contribution < 1.29 is 10.2 Å². The summed E-state index contributed by atoms with van der Waals surface area (Å²) < 4.78 is 0. The van der Waals surface area contributed by atoms with Gasteiger partial charge in [-0.3, -0.25) is 0 Å². The minimum absolute atomic E-state index is 0. The summed E-state index contributed by atoms with van der Waals surface area (Å²) in [5.41, 5.74) is 0.304. The molecule has 0 radical (unpaired) electrons. The predicted octanol–water partition coefficient (Wildman–Crippen LogP) is 2.97. The molecule has 96 valence electrons. The number of hydrogen-bond acceptors (Lipinski definition) is 2. The molecule has 4 atom stereocenters. The van der Waals surface area contributed by atoms with Gasteiger partial charge in [0.05, 0.1) is 6.10 Å². The van der Waals surface area contributed by atoms with Gasteiger partial charge >= 0.3 is 0 Å². The lowest BCUT2D eigenvalue weighted by Crippen LogP contribution is -2.47. The second-order valence-corrected chi connectivity index (χ2v) is 5.71. The fraction of sp³-hybridized carbons (Fsp3) is 1.00. The number of aliphatic hydroxyl groups excluding tert-OH is 2. The molecular formula is C14H28O2. The quantitative estimate of drug-likeness (QED) is 0.763. The van der Waals surface area contributed by atoms with Crippen molar-refractivity contribution >= 4 is 0 Å². The van der Waals surface area contributed by atoms with E-state index in [1.165, 1.54) is 25.7 Å². The molecule has 16 heavy (non-hydrogen) atoms. The van der Waals surface area contributed by atoms with Crippen molar-refractivity contribution in [3.8, 4) is 0 Å². The zero-order valence-corrected chi connectivity index (χ0v) is 9.78. The Morgan fingerprint density at radius 1 is 1.19 bits per heavy atom. The molecule has 0 aromatic carbocycles. The van der Waals surface area contributed by atoms with E-state index < -0.39 is 0 Å². The van der Waals surface area contributed by atoms with Crippen LogP contribution >= 0.6 is 0 Å². The Labute approximate surface area is 100 Å². The van der Waals surface area contributed by atoms with Gasteiger partial charge in [0, 0.05) is 6.61 Å². The van der Waals surface area contributed by atoms with Gasteiger partial charge in [-0.05, 0) is 49.4 Å². The maximum atomic E-state index is 10.1. The maximum absolute atomic E-state index is 10.1. The minimum atomic E-state index is -0.0785. The summed E-state index contributed by atoms with van der Waals surface area (Å²) in [6.45, 7) is 2.66. The molecule has 0 amide bonds. The van der Waals surface area contributed by atoms with E-state index in [4.69, 9.17) is 5.11 Å². The second-order valence-electron chi connectivity index (χ2n) is 5.71. The van der Waals surface area contributed by atoms with Gasteiger partial charge in [-0.15, -0.1) is 0 Å². The average Bonchev–Trinajstić information content (AvgIpc) is 2.20. The summed E-state index contributed by atoms with van der Waals surface area (Å²) in [4.78, 5) is 0. The first-order valence-electron chi connectivity index (χ1n) is 6.47. The molecule has 0 aliphatic heterocycles. The minimum Gasteiger partial charge on any atom is -0.396 e. The van der Waals surface area contributed by atoms with Gasteiger partial charge in [-0.2, -0.15) is 0 Å². The van der Waals surface area contributed by atoms with Crippen LogP contribution in [-0.4, -0.2) is 22.9 Å². The number of fused-ring (bicyclic) bond motifs is 1. The molecule has 0 aromatic rings. The van der Waals surface area contributed by atoms with Crippen molar-refractivity contribution in [3.05, 3.63) is 0 Å². The lowest BCUT2D eigenvalue weighted by Gasteiger charge is -2.52. The van der Waals surface area contributed by atoms with Crippen LogP contribution in [0.1, 0.15) is 59.3 Å². The Kier molecular flexibility index (Phi) is 4.81. The molecule has 2 N–H and O–H groups in total. The molecule has 2 aliphatic rings. The van der Waals surface area contributed by atoms with E-state index in [1.54, 1.807) is 0 Å². The van der Waals surface area contributed by atoms with Crippen LogP contribution in [0.25, 0.3) is 0 Å². The predicted molar refractivity (Wildman–Crippen MR) is 67.2 cm³/mol. The molecule has 2 heteroatoms. The molecule has 2 nitrogen and oxygen atoms in total. The molecule has 4 unspecified atom stereocenters. The third kappa shape index (κ3) is 2.28. The first kappa shape index (κ1) is 14.0. The van der Waals surface area contributed by atoms with Crippen LogP contribution in [0.2, 0.25) is 0 Å². The van der Waals surface area contributed by atoms with Gasteiger partial charge < -0.3 is 10.2 Å². The SMILES string of the molecule is C.CC12CCCC(O)C1CCCC2CCO. The Morgan fingerprint density at radius 2 is 1.94 bits per heavy atom. The fourth-order valence-corrected chi connectivity index (χ4v) is 4.09. The summed E-state index contributed by atoms with van der Waals surface area (Å²) in [7, 11) is 0. The third-order valence-electron chi connectivity index (χ3n) is 5.00. The highest BCUT2D eigenvalue weighted by Crippen LogP contribution is 2.54. The molecule has 2 fully saturated rings. The molecule has 2 rings (SSSR count). The lowest BCUT2D eigenvalue weighted by atomic mass is 9.54. The fourth-order valence-electron chi connectivity index (χ4n) is 4.09. The molecule has 2 saturated carbocycles. The summed E-state index contributed by atoms with van der Waals surface area (Å²) in [5, 5.41) is 19.2. The zero-order chi connectivity index (χ0) is 10.9. The molecular weight excluding hydrogens is 200 g/mol. The van der Waals surface area contributed by atoms with Crippen LogP contribution in [-0.2, 0) is 0 Å². The van der Waals surface area contributed by atoms with Crippen LogP contribution < -0.4 is 0 Å². The maximum Gasteiger partial charge on any atom is 0.0573 e. The number of rotatable bonds is 2. The van der Waals surface area contributed by atoms with Crippen molar-refractivity contribution in [2.45, 2.75) is 65.4 Å². The van der Waals surface area contributed by atoms with Crippen molar-refractivity contribution in [2.24, 2.45) is 17.3 Å². The van der Waals surface area contributed by atoms with Crippen molar-refractivity contribution in [2.75, 3.05) is 6.61 Å². The van der Waals surface area contributed by atoms with Gasteiger partial charge in [-0.1, -0.05) is 27.2 Å². The Hall–Kier alpha value is -0.0800. The highest BCUT2D eigenvalue weighted by Gasteiger charge is 2.47. The van der Waals surface area contributed by atoms with E-state index in [0.717, 1.165) is 19.3 Å². The summed E-state index contributed by atoms with van der Waals surface area (Å²) in [6.07, 6.45) is 7.94. The second kappa shape index (κ2) is 5.50. The molecule has 0 bridgehead atoms. The Balaban J connectivity index is 0.00000128. The first-order chi connectivity index (χ1) is 7.18. The Morgan fingerprint density at radius 3 is 2.62 bits per heavy atom. The first-order valence-corrected chi connectivity index (χ1v) is 6.47. The topological polar surface area (TPSA) is 40.5 Å². The Bertz CT molecular complexity index is 215. The summed E-state index contributed by atoms with van der Waals surface area (Å²) in [5.74, 6) is 1.13. The third-order valence-corrected chi connectivity index (χ3v) is 5.00. The molecule has 0 heterocycles. The van der Waals surface area contributed by atoms with Crippen LogP contribution in [0.4, 0.5) is 0 Å². The number of hydrogen-bond donors (Lipinski definition) is 2. The van der Waals surface area contributed by atoms with Crippen LogP contribution in [0.5, 0.6) is 0 Å². The summed E-state index contributed by atoms with van der Waals surface area (Å²) in [6, 6.07) is 0. The van der Waals surface area contributed by atoms with Gasteiger partial charge in [0.15, 0.2) is 0 Å².